The second kappa shape index (κ2) is 19.1. The van der Waals surface area contributed by atoms with Crippen molar-refractivity contribution < 1.29 is 42.6 Å². The Morgan fingerprint density at radius 2 is 0.486 bits per heavy atom. The third-order valence-electron chi connectivity index (χ3n) is 14.7. The van der Waals surface area contributed by atoms with Gasteiger partial charge in [-0.05, 0) is 33.4 Å². The fourth-order valence-electron chi connectivity index (χ4n) is 11.2. The lowest BCUT2D eigenvalue weighted by molar-refractivity contribution is -0.0629. The van der Waals surface area contributed by atoms with Crippen molar-refractivity contribution in [2.24, 2.45) is 0 Å². The van der Waals surface area contributed by atoms with Crippen LogP contribution in [0.15, 0.2) is 182 Å². The van der Waals surface area contributed by atoms with Crippen LogP contribution in [0.2, 0.25) is 0 Å². The van der Waals surface area contributed by atoms with Gasteiger partial charge in [-0.3, -0.25) is 0 Å². The van der Waals surface area contributed by atoms with Crippen molar-refractivity contribution in [1.29, 1.82) is 0 Å². The van der Waals surface area contributed by atoms with Crippen molar-refractivity contribution >= 4 is 0 Å². The largest absolute Gasteiger partial charge is 0.461 e. The third kappa shape index (κ3) is 8.20. The molecule has 72 heavy (non-hydrogen) atoms. The molecule has 15 heteroatoms. The highest BCUT2D eigenvalue weighted by Gasteiger charge is 2.60. The standard InChI is InChI=1S/C57H54N6O9/c1-7-19-40(20-8-1)46-61-47(41-21-9-2-10-22-41)65-32-55(61,31-64-46)37-70-52-58-53(71-38-56-33-66-48(42-23-11-3-12-24-42)62(56)49(67-34-56)43-25-13-4-14-26-43)60-54(59-52)72-39-57-35-68-50(44-27-15-5-16-28-44)63(57)51(69-36-57)45-29-17-6-18-30-45/h1-30,46-51H,31-39H2/t46-,47+,48-,49+,50-,51+,55?,56?,57?. The summed E-state index contributed by atoms with van der Waals surface area (Å²) in [5.74, 6) is 0. The average Bonchev–Trinajstić information content (AvgIpc) is 4.31. The summed E-state index contributed by atoms with van der Waals surface area (Å²) >= 11 is 0. The number of aromatic nitrogens is 3. The molecule has 6 aliphatic heterocycles. The molecule has 7 heterocycles. The molecule has 0 radical (unpaired) electrons. The molecule has 7 aromatic rings. The van der Waals surface area contributed by atoms with Gasteiger partial charge in [0.25, 0.3) is 0 Å². The van der Waals surface area contributed by atoms with E-state index in [4.69, 9.17) is 57.6 Å². The molecule has 0 bridgehead atoms. The quantitative estimate of drug-likeness (QED) is 0.0973. The molecule has 0 N–H and O–H groups in total. The lowest BCUT2D eigenvalue weighted by Crippen LogP contribution is -2.50. The predicted octanol–water partition coefficient (Wildman–Crippen LogP) is 8.50. The molecule has 0 spiro atoms. The van der Waals surface area contributed by atoms with E-state index in [0.717, 1.165) is 33.4 Å². The average molecular weight is 967 g/mol. The Kier molecular flexibility index (Phi) is 12.0. The molecule has 3 unspecified atom stereocenters. The first-order chi connectivity index (χ1) is 35.6. The normalized spacial score (nSPS) is 30.0. The van der Waals surface area contributed by atoms with Crippen molar-refractivity contribution in [3.63, 3.8) is 0 Å². The van der Waals surface area contributed by atoms with Crippen molar-refractivity contribution in [3.05, 3.63) is 215 Å². The highest BCUT2D eigenvalue weighted by molar-refractivity contribution is 5.29. The van der Waals surface area contributed by atoms with E-state index in [2.05, 4.69) is 87.5 Å². The van der Waals surface area contributed by atoms with Crippen LogP contribution in [0.4, 0.5) is 0 Å². The number of rotatable bonds is 15. The minimum atomic E-state index is -0.697. The van der Waals surface area contributed by atoms with Crippen LogP contribution in [0.1, 0.15) is 70.7 Å². The first-order valence-electron chi connectivity index (χ1n) is 24.6. The number of ether oxygens (including phenoxy) is 9. The Hall–Kier alpha value is -6.63. The van der Waals surface area contributed by atoms with Crippen LogP contribution in [0, 0.1) is 0 Å². The molecule has 1 aromatic heterocycles. The summed E-state index contributed by atoms with van der Waals surface area (Å²) in [6.45, 7) is 2.49. The molecule has 0 amide bonds. The lowest BCUT2D eigenvalue weighted by atomic mass is 10.0. The van der Waals surface area contributed by atoms with Gasteiger partial charge in [-0.2, -0.15) is 0 Å². The Morgan fingerprint density at radius 1 is 0.306 bits per heavy atom. The van der Waals surface area contributed by atoms with E-state index in [-0.39, 0.29) is 75.2 Å². The van der Waals surface area contributed by atoms with Crippen LogP contribution >= 0.6 is 0 Å². The lowest BCUT2D eigenvalue weighted by Gasteiger charge is -2.34. The van der Waals surface area contributed by atoms with E-state index in [1.165, 1.54) is 0 Å². The van der Waals surface area contributed by atoms with E-state index in [1.807, 2.05) is 109 Å². The second-order valence-corrected chi connectivity index (χ2v) is 19.4. The Bertz CT molecular complexity index is 2450. The zero-order chi connectivity index (χ0) is 48.0. The van der Waals surface area contributed by atoms with Gasteiger partial charge in [-0.1, -0.05) is 182 Å². The zero-order valence-electron chi connectivity index (χ0n) is 39.5. The van der Waals surface area contributed by atoms with Crippen molar-refractivity contribution in [2.45, 2.75) is 54.0 Å². The van der Waals surface area contributed by atoms with E-state index in [0.29, 0.717) is 39.6 Å². The minimum Gasteiger partial charge on any atom is -0.461 e. The third-order valence-corrected chi connectivity index (χ3v) is 14.7. The molecule has 0 aliphatic carbocycles. The number of hydrogen-bond acceptors (Lipinski definition) is 15. The van der Waals surface area contributed by atoms with E-state index in [9.17, 15) is 0 Å². The molecule has 6 aliphatic rings. The van der Waals surface area contributed by atoms with Gasteiger partial charge in [0.05, 0.1) is 39.6 Å². The summed E-state index contributed by atoms with van der Waals surface area (Å²) in [6.07, 6.45) is -2.30. The summed E-state index contributed by atoms with van der Waals surface area (Å²) in [5.41, 5.74) is 4.02. The monoisotopic (exact) mass is 966 g/mol. The smallest absolute Gasteiger partial charge is 0.325 e. The summed E-state index contributed by atoms with van der Waals surface area (Å²) in [7, 11) is 0. The molecule has 15 nitrogen and oxygen atoms in total. The zero-order valence-corrected chi connectivity index (χ0v) is 39.5. The molecule has 6 fully saturated rings. The predicted molar refractivity (Wildman–Crippen MR) is 261 cm³/mol. The van der Waals surface area contributed by atoms with Gasteiger partial charge in [-0.25, -0.2) is 14.7 Å². The van der Waals surface area contributed by atoms with Gasteiger partial charge >= 0.3 is 18.0 Å². The van der Waals surface area contributed by atoms with Crippen LogP contribution in [-0.2, 0) is 28.4 Å². The first-order valence-corrected chi connectivity index (χ1v) is 24.6. The summed E-state index contributed by atoms with van der Waals surface area (Å²) < 4.78 is 60.0. The number of hydrogen-bond donors (Lipinski definition) is 0. The Labute approximate surface area is 417 Å². The van der Waals surface area contributed by atoms with Crippen molar-refractivity contribution in [1.82, 2.24) is 29.7 Å². The van der Waals surface area contributed by atoms with Gasteiger partial charge in [0.15, 0.2) is 0 Å². The highest BCUT2D eigenvalue weighted by atomic mass is 16.6. The van der Waals surface area contributed by atoms with Crippen LogP contribution in [0.25, 0.3) is 0 Å². The van der Waals surface area contributed by atoms with Gasteiger partial charge in [-0.15, -0.1) is 15.0 Å². The number of nitrogens with zero attached hydrogens (tertiary/aromatic N) is 6. The maximum absolute atomic E-state index is 6.71. The van der Waals surface area contributed by atoms with E-state index >= 15 is 0 Å². The highest BCUT2D eigenvalue weighted by Crippen LogP contribution is 2.52. The summed E-state index contributed by atoms with van der Waals surface area (Å²) in [4.78, 5) is 21.3. The second-order valence-electron chi connectivity index (χ2n) is 19.4. The number of benzene rings is 6. The first kappa shape index (κ1) is 45.2. The summed E-state index contributed by atoms with van der Waals surface area (Å²) in [5, 5.41) is 0. The molecule has 13 rings (SSSR count). The Morgan fingerprint density at radius 3 is 0.667 bits per heavy atom. The molecule has 0 saturated carbocycles. The maximum Gasteiger partial charge on any atom is 0.325 e. The summed E-state index contributed by atoms with van der Waals surface area (Å²) in [6, 6.07) is 61.3. The molecular weight excluding hydrogens is 913 g/mol. The fourth-order valence-corrected chi connectivity index (χ4v) is 11.2. The van der Waals surface area contributed by atoms with Crippen LogP contribution in [0.3, 0.4) is 0 Å². The van der Waals surface area contributed by atoms with E-state index < -0.39 is 16.6 Å². The van der Waals surface area contributed by atoms with E-state index in [1.54, 1.807) is 0 Å². The maximum atomic E-state index is 6.71. The van der Waals surface area contributed by atoms with Gasteiger partial charge in [0, 0.05) is 0 Å². The van der Waals surface area contributed by atoms with Gasteiger partial charge < -0.3 is 42.6 Å². The van der Waals surface area contributed by atoms with Crippen LogP contribution in [-0.4, -0.2) is 106 Å². The van der Waals surface area contributed by atoms with Crippen LogP contribution < -0.4 is 14.2 Å². The molecule has 9 atom stereocenters. The fraction of sp³-hybridized carbons (Fsp3) is 0.316. The Balaban J connectivity index is 0.822. The molecular formula is C57H54N6O9. The van der Waals surface area contributed by atoms with Gasteiger partial charge in [0.1, 0.15) is 73.8 Å². The molecule has 366 valence electrons. The minimum absolute atomic E-state index is 0.0312. The number of fused-ring (bicyclic) bond motifs is 3. The molecule has 6 saturated heterocycles. The van der Waals surface area contributed by atoms with Gasteiger partial charge in [0.2, 0.25) is 0 Å². The van der Waals surface area contributed by atoms with Crippen molar-refractivity contribution in [3.8, 4) is 18.0 Å². The molecule has 6 aromatic carbocycles. The van der Waals surface area contributed by atoms with Crippen LogP contribution in [0.5, 0.6) is 18.0 Å². The topological polar surface area (TPSA) is 131 Å². The van der Waals surface area contributed by atoms with Crippen molar-refractivity contribution in [2.75, 3.05) is 59.5 Å². The SMILES string of the molecule is c1ccc([C@H]2OCC3(COc4nc(OCC56CO[C@H](c7ccccc7)N5[C@H](c5ccccc5)OC6)nc(OCC56CO[C@H](c7ccccc7)N5[C@H](c5ccccc5)OC6)n4)CO[C@@H](c4ccccc4)N23)cc1.